The molecule has 2 aromatic rings. The normalized spacial score (nSPS) is 10.1. The number of amides is 2. The topological polar surface area (TPSA) is 76.7 Å². The highest BCUT2D eigenvalue weighted by molar-refractivity contribution is 6.35. The van der Waals surface area contributed by atoms with Crippen molar-refractivity contribution in [3.63, 3.8) is 0 Å². The summed E-state index contributed by atoms with van der Waals surface area (Å²) in [6, 6.07) is 11.3. The summed E-state index contributed by atoms with van der Waals surface area (Å²) in [6.07, 6.45) is 0.865. The van der Waals surface area contributed by atoms with Crippen LogP contribution in [-0.2, 0) is 4.79 Å². The van der Waals surface area contributed by atoms with Gasteiger partial charge < -0.3 is 9.47 Å². The molecule has 0 unspecified atom stereocenters. The van der Waals surface area contributed by atoms with Gasteiger partial charge in [-0.05, 0) is 42.8 Å². The van der Waals surface area contributed by atoms with E-state index in [-0.39, 0.29) is 6.61 Å². The molecule has 26 heavy (non-hydrogen) atoms. The first-order chi connectivity index (χ1) is 12.5. The molecule has 0 aromatic heterocycles. The zero-order chi connectivity index (χ0) is 18.9. The molecular weight excluding hydrogens is 379 g/mol. The Bertz CT molecular complexity index is 784. The Kier molecular flexibility index (Phi) is 7.56. The van der Waals surface area contributed by atoms with Crippen LogP contribution >= 0.6 is 23.2 Å². The van der Waals surface area contributed by atoms with Crippen molar-refractivity contribution in [2.75, 3.05) is 13.2 Å². The molecule has 2 rings (SSSR count). The van der Waals surface area contributed by atoms with E-state index in [1.807, 2.05) is 6.92 Å². The number of carbonyl (C=O) groups excluding carboxylic acids is 2. The second kappa shape index (κ2) is 9.89. The van der Waals surface area contributed by atoms with Crippen LogP contribution in [0.5, 0.6) is 11.5 Å². The Hall–Kier alpha value is -2.44. The van der Waals surface area contributed by atoms with Crippen LogP contribution < -0.4 is 20.3 Å². The van der Waals surface area contributed by atoms with Crippen molar-refractivity contribution >= 4 is 35.0 Å². The third-order valence-corrected chi connectivity index (χ3v) is 3.67. The van der Waals surface area contributed by atoms with E-state index in [9.17, 15) is 9.59 Å². The molecule has 138 valence electrons. The number of rotatable bonds is 7. The van der Waals surface area contributed by atoms with E-state index < -0.39 is 11.8 Å². The van der Waals surface area contributed by atoms with Crippen molar-refractivity contribution in [3.8, 4) is 11.5 Å². The van der Waals surface area contributed by atoms with Gasteiger partial charge in [-0.2, -0.15) is 0 Å². The van der Waals surface area contributed by atoms with Gasteiger partial charge in [0, 0.05) is 10.6 Å². The van der Waals surface area contributed by atoms with E-state index in [0.29, 0.717) is 33.7 Å². The highest BCUT2D eigenvalue weighted by Crippen LogP contribution is 2.27. The molecule has 0 atom stereocenters. The van der Waals surface area contributed by atoms with E-state index >= 15 is 0 Å². The zero-order valence-electron chi connectivity index (χ0n) is 14.1. The third-order valence-electron chi connectivity index (χ3n) is 3.14. The van der Waals surface area contributed by atoms with Gasteiger partial charge in [-0.25, -0.2) is 0 Å². The molecule has 2 amide bonds. The first-order valence-electron chi connectivity index (χ1n) is 7.89. The first-order valence-corrected chi connectivity index (χ1v) is 8.65. The predicted molar refractivity (Wildman–Crippen MR) is 99.8 cm³/mol. The molecule has 0 radical (unpaired) electrons. The first kappa shape index (κ1) is 19.9. The summed E-state index contributed by atoms with van der Waals surface area (Å²) in [6.45, 7) is 2.24. The number of hydrazine groups is 1. The van der Waals surface area contributed by atoms with Gasteiger partial charge in [-0.1, -0.05) is 36.2 Å². The quantitative estimate of drug-likeness (QED) is 0.700. The van der Waals surface area contributed by atoms with Gasteiger partial charge in [-0.15, -0.1) is 0 Å². The summed E-state index contributed by atoms with van der Waals surface area (Å²) in [5.74, 6) is -0.0996. The van der Waals surface area contributed by atoms with E-state index in [4.69, 9.17) is 32.7 Å². The van der Waals surface area contributed by atoms with Crippen LogP contribution in [0.2, 0.25) is 10.0 Å². The Balaban J connectivity index is 1.82. The molecule has 0 saturated heterocycles. The lowest BCUT2D eigenvalue weighted by atomic mass is 10.2. The Labute approximate surface area is 161 Å². The van der Waals surface area contributed by atoms with Gasteiger partial charge in [0.05, 0.1) is 11.6 Å². The number of carbonyl (C=O) groups is 2. The fourth-order valence-electron chi connectivity index (χ4n) is 1.92. The van der Waals surface area contributed by atoms with Gasteiger partial charge in [0.25, 0.3) is 11.8 Å². The van der Waals surface area contributed by atoms with Crippen LogP contribution in [0.25, 0.3) is 0 Å². The molecule has 8 heteroatoms. The van der Waals surface area contributed by atoms with Crippen LogP contribution in [-0.4, -0.2) is 25.0 Å². The van der Waals surface area contributed by atoms with Crippen LogP contribution in [0, 0.1) is 0 Å². The number of benzene rings is 2. The maximum Gasteiger partial charge on any atom is 0.276 e. The molecule has 0 fully saturated rings. The molecule has 2 N–H and O–H groups in total. The third kappa shape index (κ3) is 6.13. The summed E-state index contributed by atoms with van der Waals surface area (Å²) >= 11 is 11.7. The van der Waals surface area contributed by atoms with Crippen LogP contribution in [0.3, 0.4) is 0 Å². The summed E-state index contributed by atoms with van der Waals surface area (Å²) < 4.78 is 10.8. The minimum absolute atomic E-state index is 0.290. The minimum atomic E-state index is -0.539. The number of hydrogen-bond acceptors (Lipinski definition) is 4. The Morgan fingerprint density at radius 2 is 1.85 bits per heavy atom. The van der Waals surface area contributed by atoms with E-state index in [1.165, 1.54) is 6.07 Å². The van der Waals surface area contributed by atoms with Crippen molar-refractivity contribution in [2.24, 2.45) is 0 Å². The molecule has 0 bridgehead atoms. The number of nitrogens with one attached hydrogen (secondary N) is 2. The zero-order valence-corrected chi connectivity index (χ0v) is 15.6. The lowest BCUT2D eigenvalue weighted by molar-refractivity contribution is -0.123. The van der Waals surface area contributed by atoms with E-state index in [1.54, 1.807) is 36.4 Å². The molecule has 0 spiro atoms. The fraction of sp³-hybridized carbons (Fsp3) is 0.222. The smallest absolute Gasteiger partial charge is 0.276 e. The van der Waals surface area contributed by atoms with Crippen LogP contribution in [0.15, 0.2) is 42.5 Å². The van der Waals surface area contributed by atoms with Gasteiger partial charge >= 0.3 is 0 Å². The highest BCUT2D eigenvalue weighted by Gasteiger charge is 2.10. The largest absolute Gasteiger partial charge is 0.494 e. The minimum Gasteiger partial charge on any atom is -0.494 e. The summed E-state index contributed by atoms with van der Waals surface area (Å²) in [5, 5.41) is 0.752. The molecule has 6 nitrogen and oxygen atoms in total. The average Bonchev–Trinajstić information content (AvgIpc) is 2.64. The van der Waals surface area contributed by atoms with Crippen molar-refractivity contribution < 1.29 is 19.1 Å². The molecular formula is C18H18Cl2N2O4. The lowest BCUT2D eigenvalue weighted by Crippen LogP contribution is -2.43. The second-order valence-electron chi connectivity index (χ2n) is 5.24. The molecule has 0 heterocycles. The van der Waals surface area contributed by atoms with E-state index in [2.05, 4.69) is 10.9 Å². The van der Waals surface area contributed by atoms with E-state index in [0.717, 1.165) is 6.42 Å². The monoisotopic (exact) mass is 396 g/mol. The SMILES string of the molecule is CCCOc1cccc(C(=O)NNC(=O)COc2ccc(Cl)cc2Cl)c1. The predicted octanol–water partition coefficient (Wildman–Crippen LogP) is 3.62. The highest BCUT2D eigenvalue weighted by atomic mass is 35.5. The standard InChI is InChI=1S/C18H18Cl2N2O4/c1-2-8-25-14-5-3-4-12(9-14)18(24)22-21-17(23)11-26-16-7-6-13(19)10-15(16)20/h3-7,9-10H,2,8,11H2,1H3,(H,21,23)(H,22,24). The maximum absolute atomic E-state index is 12.1. The Morgan fingerprint density at radius 1 is 1.04 bits per heavy atom. The molecule has 0 aliphatic heterocycles. The Morgan fingerprint density at radius 3 is 2.58 bits per heavy atom. The van der Waals surface area contributed by atoms with Crippen molar-refractivity contribution in [2.45, 2.75) is 13.3 Å². The maximum atomic E-state index is 12.1. The number of ether oxygens (including phenoxy) is 2. The van der Waals surface area contributed by atoms with Gasteiger partial charge in [0.15, 0.2) is 6.61 Å². The molecule has 0 saturated carbocycles. The summed E-state index contributed by atoms with van der Waals surface area (Å²) in [7, 11) is 0. The summed E-state index contributed by atoms with van der Waals surface area (Å²) in [4.78, 5) is 23.9. The van der Waals surface area contributed by atoms with Crippen LogP contribution in [0.1, 0.15) is 23.7 Å². The molecule has 0 aliphatic rings. The van der Waals surface area contributed by atoms with Crippen LogP contribution in [0.4, 0.5) is 0 Å². The molecule has 2 aromatic carbocycles. The van der Waals surface area contributed by atoms with Crippen molar-refractivity contribution in [1.29, 1.82) is 0 Å². The van der Waals surface area contributed by atoms with Gasteiger partial charge in [0.2, 0.25) is 0 Å². The number of hydrogen-bond donors (Lipinski definition) is 2. The lowest BCUT2D eigenvalue weighted by Gasteiger charge is -2.10. The van der Waals surface area contributed by atoms with Crippen molar-refractivity contribution in [3.05, 3.63) is 58.1 Å². The second-order valence-corrected chi connectivity index (χ2v) is 6.09. The molecule has 0 aliphatic carbocycles. The van der Waals surface area contributed by atoms with Gasteiger partial charge in [0.1, 0.15) is 11.5 Å². The number of halogens is 2. The fourth-order valence-corrected chi connectivity index (χ4v) is 2.38. The van der Waals surface area contributed by atoms with Crippen molar-refractivity contribution in [1.82, 2.24) is 10.9 Å². The average molecular weight is 397 g/mol. The van der Waals surface area contributed by atoms with Gasteiger partial charge in [-0.3, -0.25) is 20.4 Å². The summed E-state index contributed by atoms with van der Waals surface area (Å²) in [5.41, 5.74) is 4.95.